The van der Waals surface area contributed by atoms with Gasteiger partial charge in [-0.25, -0.2) is 4.99 Å². The van der Waals surface area contributed by atoms with Gasteiger partial charge >= 0.3 is 0 Å². The van der Waals surface area contributed by atoms with Crippen LogP contribution in [-0.4, -0.2) is 69.3 Å². The summed E-state index contributed by atoms with van der Waals surface area (Å²) in [5.74, 6) is 1.40. The Hall–Kier alpha value is -1.55. The van der Waals surface area contributed by atoms with Crippen molar-refractivity contribution < 1.29 is 14.3 Å². The molecule has 164 valence electrons. The Morgan fingerprint density at radius 1 is 1.34 bits per heavy atom. The first-order valence-electron chi connectivity index (χ1n) is 10.0. The van der Waals surface area contributed by atoms with E-state index < -0.39 is 0 Å². The number of benzene rings is 1. The van der Waals surface area contributed by atoms with Gasteiger partial charge in [-0.3, -0.25) is 4.79 Å². The summed E-state index contributed by atoms with van der Waals surface area (Å²) >= 11 is 0. The molecule has 2 N–H and O–H groups in total. The van der Waals surface area contributed by atoms with Gasteiger partial charge in [-0.15, -0.1) is 24.0 Å². The minimum absolute atomic E-state index is 0. The molecule has 8 heteroatoms. The predicted molar refractivity (Wildman–Crippen MR) is 127 cm³/mol. The first kappa shape index (κ1) is 25.5. The first-order valence-corrected chi connectivity index (χ1v) is 10.0. The van der Waals surface area contributed by atoms with Crippen LogP contribution in [0.4, 0.5) is 0 Å². The van der Waals surface area contributed by atoms with Crippen LogP contribution < -0.4 is 15.4 Å². The number of amides is 1. The number of likely N-dealkylation sites (N-methyl/N-ethyl adjacent to an activating group) is 1. The Morgan fingerprint density at radius 2 is 2.14 bits per heavy atom. The zero-order valence-corrected chi connectivity index (χ0v) is 20.3. The quantitative estimate of drug-likeness (QED) is 0.315. The molecule has 29 heavy (non-hydrogen) atoms. The molecule has 0 aliphatic carbocycles. The highest BCUT2D eigenvalue weighted by Crippen LogP contribution is 2.14. The second kappa shape index (κ2) is 13.6. The van der Waals surface area contributed by atoms with Crippen LogP contribution in [0.1, 0.15) is 31.7 Å². The number of rotatable bonds is 8. The average molecular weight is 518 g/mol. The highest BCUT2D eigenvalue weighted by Gasteiger charge is 2.15. The first-order chi connectivity index (χ1) is 13.4. The lowest BCUT2D eigenvalue weighted by atomic mass is 10.1. The number of nitrogens with zero attached hydrogens (tertiary/aromatic N) is 2. The van der Waals surface area contributed by atoms with E-state index in [0.29, 0.717) is 19.0 Å². The smallest absolute Gasteiger partial charge is 0.243 e. The summed E-state index contributed by atoms with van der Waals surface area (Å²) in [6.07, 6.45) is 3.49. The number of nitrogens with one attached hydrogen (secondary N) is 2. The van der Waals surface area contributed by atoms with E-state index in [9.17, 15) is 4.79 Å². The Balaban J connectivity index is 0.00000420. The van der Waals surface area contributed by atoms with Crippen molar-refractivity contribution in [3.05, 3.63) is 29.8 Å². The summed E-state index contributed by atoms with van der Waals surface area (Å²) in [4.78, 5) is 17.8. The maximum atomic E-state index is 11.9. The molecule has 0 spiro atoms. The molecule has 2 atom stereocenters. The lowest BCUT2D eigenvalue weighted by Gasteiger charge is -2.24. The summed E-state index contributed by atoms with van der Waals surface area (Å²) in [7, 11) is 3.46. The zero-order chi connectivity index (χ0) is 20.4. The van der Waals surface area contributed by atoms with Crippen LogP contribution in [-0.2, 0) is 9.53 Å². The van der Waals surface area contributed by atoms with E-state index in [1.54, 1.807) is 14.1 Å². The van der Waals surface area contributed by atoms with Crippen molar-refractivity contribution in [2.45, 2.75) is 45.3 Å². The van der Waals surface area contributed by atoms with Crippen molar-refractivity contribution in [2.75, 3.05) is 40.3 Å². The van der Waals surface area contributed by atoms with Gasteiger partial charge in [0.25, 0.3) is 0 Å². The molecule has 1 amide bonds. The molecule has 2 rings (SSSR count). The summed E-state index contributed by atoms with van der Waals surface area (Å²) in [5, 5.41) is 6.58. The van der Waals surface area contributed by atoms with Crippen LogP contribution in [0, 0.1) is 6.92 Å². The van der Waals surface area contributed by atoms with Gasteiger partial charge in [-0.05, 0) is 50.8 Å². The SMILES string of the molecule is Cc1cccc(OC(C)CNC(=NCC(=O)N(C)C)NCC2CCCCO2)c1.I. The van der Waals surface area contributed by atoms with Crippen LogP contribution in [0.5, 0.6) is 5.75 Å². The molecule has 0 aromatic heterocycles. The number of aliphatic imine (C=N–C) groups is 1. The number of ether oxygens (including phenoxy) is 2. The predicted octanol–water partition coefficient (Wildman–Crippen LogP) is 2.57. The fourth-order valence-corrected chi connectivity index (χ4v) is 2.84. The van der Waals surface area contributed by atoms with E-state index in [0.717, 1.165) is 30.8 Å². The molecular formula is C21H35IN4O3. The summed E-state index contributed by atoms with van der Waals surface area (Å²) < 4.78 is 11.7. The standard InChI is InChI=1S/C21H34N4O3.HI/c1-16-8-7-10-18(12-16)28-17(2)13-22-21(24-15-20(26)25(3)4)23-14-19-9-5-6-11-27-19;/h7-8,10,12,17,19H,5-6,9,11,13-15H2,1-4H3,(H2,22,23,24);1H. The van der Waals surface area contributed by atoms with Crippen molar-refractivity contribution in [1.29, 1.82) is 0 Å². The molecule has 0 saturated carbocycles. The second-order valence-corrected chi connectivity index (χ2v) is 7.45. The van der Waals surface area contributed by atoms with Crippen LogP contribution >= 0.6 is 24.0 Å². The topological polar surface area (TPSA) is 75.2 Å². The van der Waals surface area contributed by atoms with Crippen molar-refractivity contribution >= 4 is 35.8 Å². The normalized spacial score (nSPS) is 17.7. The van der Waals surface area contributed by atoms with Crippen LogP contribution in [0.2, 0.25) is 0 Å². The fourth-order valence-electron chi connectivity index (χ4n) is 2.84. The highest BCUT2D eigenvalue weighted by molar-refractivity contribution is 14.0. The zero-order valence-electron chi connectivity index (χ0n) is 17.9. The van der Waals surface area contributed by atoms with Crippen molar-refractivity contribution in [2.24, 2.45) is 4.99 Å². The molecule has 1 fully saturated rings. The van der Waals surface area contributed by atoms with E-state index >= 15 is 0 Å². The van der Waals surface area contributed by atoms with Gasteiger partial charge in [0.05, 0.1) is 12.6 Å². The van der Waals surface area contributed by atoms with Gasteiger partial charge in [0.15, 0.2) is 5.96 Å². The second-order valence-electron chi connectivity index (χ2n) is 7.45. The minimum atomic E-state index is -0.0516. The number of aryl methyl sites for hydroxylation is 1. The lowest BCUT2D eigenvalue weighted by Crippen LogP contribution is -2.45. The largest absolute Gasteiger partial charge is 0.489 e. The lowest BCUT2D eigenvalue weighted by molar-refractivity contribution is -0.127. The van der Waals surface area contributed by atoms with Crippen LogP contribution in [0.3, 0.4) is 0 Å². The number of hydrogen-bond donors (Lipinski definition) is 2. The molecule has 0 bridgehead atoms. The number of carbonyl (C=O) groups excluding carboxylic acids is 1. The maximum absolute atomic E-state index is 11.9. The van der Waals surface area contributed by atoms with Gasteiger partial charge in [0, 0.05) is 27.2 Å². The van der Waals surface area contributed by atoms with E-state index in [2.05, 4.69) is 15.6 Å². The van der Waals surface area contributed by atoms with Gasteiger partial charge in [0.1, 0.15) is 18.4 Å². The minimum Gasteiger partial charge on any atom is -0.489 e. The average Bonchev–Trinajstić information content (AvgIpc) is 2.67. The number of halogens is 1. The monoisotopic (exact) mass is 518 g/mol. The molecule has 1 aliphatic rings. The maximum Gasteiger partial charge on any atom is 0.243 e. The van der Waals surface area contributed by atoms with Gasteiger partial charge < -0.3 is 25.0 Å². The number of guanidine groups is 1. The van der Waals surface area contributed by atoms with Crippen LogP contribution in [0.15, 0.2) is 29.3 Å². The van der Waals surface area contributed by atoms with Gasteiger partial charge in [-0.1, -0.05) is 12.1 Å². The molecule has 7 nitrogen and oxygen atoms in total. The van der Waals surface area contributed by atoms with Gasteiger partial charge in [-0.2, -0.15) is 0 Å². The summed E-state index contributed by atoms with van der Waals surface area (Å²) in [6, 6.07) is 7.99. The van der Waals surface area contributed by atoms with Crippen LogP contribution in [0.25, 0.3) is 0 Å². The fraction of sp³-hybridized carbons (Fsp3) is 0.619. The van der Waals surface area contributed by atoms with E-state index in [4.69, 9.17) is 9.47 Å². The Labute approximate surface area is 191 Å². The molecule has 1 saturated heterocycles. The van der Waals surface area contributed by atoms with Crippen molar-refractivity contribution in [3.63, 3.8) is 0 Å². The third kappa shape index (κ3) is 10.2. The summed E-state index contributed by atoms with van der Waals surface area (Å²) in [6.45, 7) is 6.20. The molecule has 1 aliphatic heterocycles. The number of carbonyl (C=O) groups is 1. The number of hydrogen-bond acceptors (Lipinski definition) is 4. The third-order valence-electron chi connectivity index (χ3n) is 4.53. The molecule has 1 aromatic carbocycles. The Morgan fingerprint density at radius 3 is 2.79 bits per heavy atom. The summed E-state index contributed by atoms with van der Waals surface area (Å²) in [5.41, 5.74) is 1.16. The Bertz CT molecular complexity index is 649. The van der Waals surface area contributed by atoms with Crippen molar-refractivity contribution in [1.82, 2.24) is 15.5 Å². The van der Waals surface area contributed by atoms with E-state index in [-0.39, 0.29) is 48.6 Å². The molecular weight excluding hydrogens is 483 g/mol. The van der Waals surface area contributed by atoms with Gasteiger partial charge in [0.2, 0.25) is 5.91 Å². The van der Waals surface area contributed by atoms with E-state index in [1.807, 2.05) is 38.1 Å². The third-order valence-corrected chi connectivity index (χ3v) is 4.53. The molecule has 1 aromatic rings. The van der Waals surface area contributed by atoms with E-state index in [1.165, 1.54) is 11.3 Å². The van der Waals surface area contributed by atoms with Crippen molar-refractivity contribution in [3.8, 4) is 5.75 Å². The Kier molecular flexibility index (Phi) is 12.0. The molecule has 2 unspecified atom stereocenters. The highest BCUT2D eigenvalue weighted by atomic mass is 127. The molecule has 0 radical (unpaired) electrons. The molecule has 1 heterocycles.